The summed E-state index contributed by atoms with van der Waals surface area (Å²) in [5.74, 6) is -1.44. The largest absolute Gasteiger partial charge is 0.469 e. The maximum Gasteiger partial charge on any atom is 0.414 e. The number of halogens is 1. The number of anilines is 3. The number of hydrogen-bond acceptors (Lipinski definition) is 8. The highest BCUT2D eigenvalue weighted by Crippen LogP contribution is 2.29. The van der Waals surface area contributed by atoms with Crippen molar-refractivity contribution < 1.29 is 33.4 Å². The molecule has 0 saturated heterocycles. The van der Waals surface area contributed by atoms with Gasteiger partial charge in [0.1, 0.15) is 0 Å². The van der Waals surface area contributed by atoms with E-state index < -0.39 is 24.3 Å². The molecule has 0 aliphatic carbocycles. The SMILES string of the molecule is COC(=O)CCC(=O)OC(C)OC(=O)Nc1ccccc1Nc1ccc(C(=O)c2ccccc2C)c(Cl)c1. The van der Waals surface area contributed by atoms with Gasteiger partial charge in [-0.3, -0.25) is 19.7 Å². The smallest absolute Gasteiger partial charge is 0.414 e. The van der Waals surface area contributed by atoms with Crippen LogP contribution in [0.5, 0.6) is 0 Å². The number of esters is 2. The van der Waals surface area contributed by atoms with E-state index in [9.17, 15) is 19.2 Å². The summed E-state index contributed by atoms with van der Waals surface area (Å²) in [6.07, 6.45) is -2.38. The van der Waals surface area contributed by atoms with Crippen LogP contribution in [0.15, 0.2) is 66.7 Å². The first-order valence-electron chi connectivity index (χ1n) is 11.7. The number of benzene rings is 3. The van der Waals surface area contributed by atoms with Crippen LogP contribution in [0.3, 0.4) is 0 Å². The number of carbonyl (C=O) groups excluding carboxylic acids is 4. The molecule has 10 heteroatoms. The third kappa shape index (κ3) is 7.81. The summed E-state index contributed by atoms with van der Waals surface area (Å²) in [7, 11) is 1.22. The van der Waals surface area contributed by atoms with Crippen LogP contribution < -0.4 is 10.6 Å². The number of ether oxygens (including phenoxy) is 3. The van der Waals surface area contributed by atoms with Crippen molar-refractivity contribution >= 4 is 52.5 Å². The van der Waals surface area contributed by atoms with Gasteiger partial charge in [-0.15, -0.1) is 0 Å². The highest BCUT2D eigenvalue weighted by Gasteiger charge is 2.18. The zero-order valence-electron chi connectivity index (χ0n) is 21.1. The van der Waals surface area contributed by atoms with Gasteiger partial charge >= 0.3 is 18.0 Å². The highest BCUT2D eigenvalue weighted by atomic mass is 35.5. The van der Waals surface area contributed by atoms with Gasteiger partial charge in [-0.05, 0) is 42.8 Å². The van der Waals surface area contributed by atoms with Crippen LogP contribution in [-0.2, 0) is 23.8 Å². The Hall–Kier alpha value is -4.37. The van der Waals surface area contributed by atoms with Gasteiger partial charge in [-0.25, -0.2) is 4.79 Å². The maximum absolute atomic E-state index is 12.9. The summed E-state index contributed by atoms with van der Waals surface area (Å²) in [6.45, 7) is 3.24. The number of para-hydroxylation sites is 2. The molecule has 0 saturated carbocycles. The Morgan fingerprint density at radius 2 is 1.50 bits per heavy atom. The molecular weight excluding hydrogens is 512 g/mol. The molecule has 2 N–H and O–H groups in total. The molecule has 38 heavy (non-hydrogen) atoms. The van der Waals surface area contributed by atoms with Crippen molar-refractivity contribution in [1.29, 1.82) is 0 Å². The number of ketones is 1. The molecule has 0 fully saturated rings. The predicted molar refractivity (Wildman–Crippen MR) is 143 cm³/mol. The fraction of sp³-hybridized carbons (Fsp3) is 0.214. The second kappa shape index (κ2) is 13.3. The normalized spacial score (nSPS) is 11.2. The van der Waals surface area contributed by atoms with Crippen LogP contribution in [0, 0.1) is 6.92 Å². The van der Waals surface area contributed by atoms with E-state index in [0.29, 0.717) is 28.2 Å². The van der Waals surface area contributed by atoms with E-state index in [1.165, 1.54) is 14.0 Å². The van der Waals surface area contributed by atoms with E-state index in [0.717, 1.165) is 5.56 Å². The topological polar surface area (TPSA) is 120 Å². The number of aryl methyl sites for hydroxylation is 1. The van der Waals surface area contributed by atoms with Gasteiger partial charge in [0, 0.05) is 23.7 Å². The fourth-order valence-corrected chi connectivity index (χ4v) is 3.74. The lowest BCUT2D eigenvalue weighted by atomic mass is 9.99. The molecule has 3 aromatic carbocycles. The molecule has 0 aliphatic rings. The van der Waals surface area contributed by atoms with Gasteiger partial charge in [0.2, 0.25) is 6.29 Å². The lowest BCUT2D eigenvalue weighted by Crippen LogP contribution is -2.25. The Labute approximate surface area is 225 Å². The fourth-order valence-electron chi connectivity index (χ4n) is 3.47. The zero-order chi connectivity index (χ0) is 27.7. The minimum Gasteiger partial charge on any atom is -0.469 e. The summed E-state index contributed by atoms with van der Waals surface area (Å²) in [6, 6.07) is 19.1. The number of carbonyl (C=O) groups is 4. The molecule has 1 amide bonds. The molecule has 9 nitrogen and oxygen atoms in total. The third-order valence-electron chi connectivity index (χ3n) is 5.38. The highest BCUT2D eigenvalue weighted by molar-refractivity contribution is 6.35. The van der Waals surface area contributed by atoms with Crippen molar-refractivity contribution in [3.63, 3.8) is 0 Å². The Morgan fingerprint density at radius 1 is 0.842 bits per heavy atom. The summed E-state index contributed by atoms with van der Waals surface area (Å²) in [5.41, 5.74) is 3.31. The number of amides is 1. The van der Waals surface area contributed by atoms with Crippen molar-refractivity contribution in [2.45, 2.75) is 33.0 Å². The van der Waals surface area contributed by atoms with E-state index in [-0.39, 0.29) is 23.6 Å². The first-order valence-corrected chi connectivity index (χ1v) is 12.1. The van der Waals surface area contributed by atoms with E-state index in [4.69, 9.17) is 21.1 Å². The van der Waals surface area contributed by atoms with E-state index in [1.807, 2.05) is 19.1 Å². The van der Waals surface area contributed by atoms with Crippen molar-refractivity contribution in [2.24, 2.45) is 0 Å². The molecule has 0 radical (unpaired) electrons. The van der Waals surface area contributed by atoms with Gasteiger partial charge in [-0.2, -0.15) is 0 Å². The summed E-state index contributed by atoms with van der Waals surface area (Å²) in [4.78, 5) is 48.2. The van der Waals surface area contributed by atoms with Gasteiger partial charge in [-0.1, -0.05) is 48.0 Å². The van der Waals surface area contributed by atoms with Crippen LogP contribution in [-0.4, -0.2) is 37.2 Å². The van der Waals surface area contributed by atoms with E-state index in [1.54, 1.807) is 54.6 Å². The Morgan fingerprint density at radius 3 is 2.18 bits per heavy atom. The van der Waals surface area contributed by atoms with Gasteiger partial charge in [0.25, 0.3) is 0 Å². The van der Waals surface area contributed by atoms with Gasteiger partial charge < -0.3 is 19.5 Å². The van der Waals surface area contributed by atoms with Crippen LogP contribution in [0.25, 0.3) is 0 Å². The van der Waals surface area contributed by atoms with Gasteiger partial charge in [0.05, 0.1) is 36.3 Å². The van der Waals surface area contributed by atoms with Crippen molar-refractivity contribution in [2.75, 3.05) is 17.7 Å². The number of hydrogen-bond donors (Lipinski definition) is 2. The van der Waals surface area contributed by atoms with E-state index >= 15 is 0 Å². The third-order valence-corrected chi connectivity index (χ3v) is 5.69. The summed E-state index contributed by atoms with van der Waals surface area (Å²) < 4.78 is 14.5. The Balaban J connectivity index is 1.63. The molecule has 0 aliphatic heterocycles. The maximum atomic E-state index is 12.9. The first-order chi connectivity index (χ1) is 18.2. The van der Waals surface area contributed by atoms with Crippen LogP contribution in [0.2, 0.25) is 5.02 Å². The second-order valence-corrected chi connectivity index (χ2v) is 8.58. The van der Waals surface area contributed by atoms with Crippen molar-refractivity contribution in [3.8, 4) is 0 Å². The minimum atomic E-state index is -1.18. The van der Waals surface area contributed by atoms with Crippen molar-refractivity contribution in [1.82, 2.24) is 0 Å². The molecule has 0 bridgehead atoms. The average Bonchev–Trinajstić information content (AvgIpc) is 2.88. The minimum absolute atomic E-state index is 0.141. The number of nitrogens with one attached hydrogen (secondary N) is 2. The standard InChI is InChI=1S/C28H27ClN2O7/c1-17-8-4-5-9-20(17)27(34)21-13-12-19(16-22(21)29)30-23-10-6-7-11-24(23)31-28(35)38-18(2)37-26(33)15-14-25(32)36-3/h4-13,16,18,30H,14-15H2,1-3H3,(H,31,35). The molecule has 3 rings (SSSR count). The lowest BCUT2D eigenvalue weighted by Gasteiger charge is -2.17. The Kier molecular flexibility index (Phi) is 9.84. The molecule has 1 unspecified atom stereocenters. The second-order valence-electron chi connectivity index (χ2n) is 8.17. The van der Waals surface area contributed by atoms with E-state index in [2.05, 4.69) is 15.4 Å². The summed E-state index contributed by atoms with van der Waals surface area (Å²) in [5, 5.41) is 6.02. The molecule has 0 heterocycles. The average molecular weight is 539 g/mol. The zero-order valence-corrected chi connectivity index (χ0v) is 21.8. The monoisotopic (exact) mass is 538 g/mol. The molecule has 3 aromatic rings. The number of rotatable bonds is 10. The molecule has 0 spiro atoms. The van der Waals surface area contributed by atoms with Crippen LogP contribution in [0.4, 0.5) is 21.9 Å². The predicted octanol–water partition coefficient (Wildman–Crippen LogP) is 6.01. The molecular formula is C28H27ClN2O7. The molecule has 0 aromatic heterocycles. The van der Waals surface area contributed by atoms with Crippen LogP contribution in [0.1, 0.15) is 41.3 Å². The van der Waals surface area contributed by atoms with Gasteiger partial charge in [0.15, 0.2) is 5.78 Å². The Bertz CT molecular complexity index is 1340. The molecule has 198 valence electrons. The molecule has 1 atom stereocenters. The first kappa shape index (κ1) is 28.2. The summed E-state index contributed by atoms with van der Waals surface area (Å²) >= 11 is 6.45. The quantitative estimate of drug-likeness (QED) is 0.183. The van der Waals surface area contributed by atoms with Crippen LogP contribution >= 0.6 is 11.6 Å². The lowest BCUT2D eigenvalue weighted by molar-refractivity contribution is -0.166. The number of methoxy groups -OCH3 is 1. The van der Waals surface area contributed by atoms with Crippen molar-refractivity contribution in [3.05, 3.63) is 88.4 Å².